The Morgan fingerprint density at radius 2 is 2.04 bits per heavy atom. The molecule has 26 heavy (non-hydrogen) atoms. The zero-order valence-corrected chi connectivity index (χ0v) is 15.4. The van der Waals surface area contributed by atoms with E-state index in [0.717, 1.165) is 55.6 Å². The van der Waals surface area contributed by atoms with E-state index in [1.165, 1.54) is 18.4 Å². The first kappa shape index (κ1) is 18.6. The first-order valence-electron chi connectivity index (χ1n) is 9.74. The predicted molar refractivity (Wildman–Crippen MR) is 106 cm³/mol. The molecule has 1 aromatic carbocycles. The third-order valence-electron chi connectivity index (χ3n) is 4.99. The second kappa shape index (κ2) is 9.48. The number of unbranched alkanes of at least 4 members (excludes halogenated alkanes) is 1. The number of nitrogens with one attached hydrogen (secondary N) is 2. The van der Waals surface area contributed by atoms with Crippen molar-refractivity contribution in [1.82, 2.24) is 5.32 Å². The number of amides is 1. The van der Waals surface area contributed by atoms with E-state index in [4.69, 9.17) is 0 Å². The van der Waals surface area contributed by atoms with E-state index in [1.807, 2.05) is 18.2 Å². The summed E-state index contributed by atoms with van der Waals surface area (Å²) in [6.45, 7) is 1.96. The van der Waals surface area contributed by atoms with Gasteiger partial charge in [-0.1, -0.05) is 23.8 Å². The van der Waals surface area contributed by atoms with Crippen LogP contribution in [0.15, 0.2) is 42.0 Å². The molecule has 1 amide bonds. The first-order chi connectivity index (χ1) is 12.7. The summed E-state index contributed by atoms with van der Waals surface area (Å²) in [5.41, 5.74) is 4.12. The Kier molecular flexibility index (Phi) is 6.78. The molecule has 4 heteroatoms. The molecule has 4 nitrogen and oxygen atoms in total. The molecule has 0 unspecified atom stereocenters. The number of fused-ring (bicyclic) bond motifs is 1. The highest BCUT2D eigenvalue weighted by Gasteiger charge is 2.16. The lowest BCUT2D eigenvalue weighted by Crippen LogP contribution is -2.19. The van der Waals surface area contributed by atoms with E-state index >= 15 is 0 Å². The Balaban J connectivity index is 1.32. The van der Waals surface area contributed by atoms with Crippen molar-refractivity contribution in [2.75, 3.05) is 18.4 Å². The van der Waals surface area contributed by atoms with Crippen molar-refractivity contribution in [2.24, 2.45) is 0 Å². The van der Waals surface area contributed by atoms with Gasteiger partial charge in [0.1, 0.15) is 0 Å². The molecule has 0 spiro atoms. The molecule has 2 aliphatic rings. The number of Topliss-reactive ketones (excluding diaryl/α,β-unsaturated/α-hetero) is 1. The van der Waals surface area contributed by atoms with Crippen molar-refractivity contribution in [3.63, 3.8) is 0 Å². The number of carbonyl (C=O) groups is 2. The lowest BCUT2D eigenvalue weighted by atomic mass is 9.97. The van der Waals surface area contributed by atoms with E-state index in [2.05, 4.69) is 28.9 Å². The topological polar surface area (TPSA) is 58.2 Å². The van der Waals surface area contributed by atoms with Crippen LogP contribution in [0.1, 0.15) is 60.9 Å². The molecule has 0 bridgehead atoms. The minimum atomic E-state index is 0.0554. The van der Waals surface area contributed by atoms with Gasteiger partial charge in [0.2, 0.25) is 5.91 Å². The molecule has 138 valence electrons. The fourth-order valence-corrected chi connectivity index (χ4v) is 3.45. The number of hydrogen-bond acceptors (Lipinski definition) is 3. The summed E-state index contributed by atoms with van der Waals surface area (Å²) in [5.74, 6) is 0.252. The average molecular weight is 352 g/mol. The third kappa shape index (κ3) is 5.40. The smallest absolute Gasteiger partial charge is 0.224 e. The van der Waals surface area contributed by atoms with Gasteiger partial charge in [0.05, 0.1) is 0 Å². The summed E-state index contributed by atoms with van der Waals surface area (Å²) >= 11 is 0. The number of hydrogen-bond donors (Lipinski definition) is 2. The van der Waals surface area contributed by atoms with E-state index in [-0.39, 0.29) is 11.7 Å². The quantitative estimate of drug-likeness (QED) is 0.518. The number of ketones is 1. The molecule has 0 radical (unpaired) electrons. The van der Waals surface area contributed by atoms with E-state index in [9.17, 15) is 9.59 Å². The van der Waals surface area contributed by atoms with Crippen molar-refractivity contribution in [3.8, 4) is 0 Å². The van der Waals surface area contributed by atoms with Crippen LogP contribution in [0.4, 0.5) is 5.69 Å². The van der Waals surface area contributed by atoms with E-state index < -0.39 is 0 Å². The van der Waals surface area contributed by atoms with Gasteiger partial charge in [-0.25, -0.2) is 0 Å². The van der Waals surface area contributed by atoms with Crippen LogP contribution in [-0.4, -0.2) is 24.8 Å². The van der Waals surface area contributed by atoms with Gasteiger partial charge < -0.3 is 10.6 Å². The molecule has 1 aliphatic carbocycles. The molecule has 0 aromatic heterocycles. The zero-order chi connectivity index (χ0) is 18.2. The van der Waals surface area contributed by atoms with Crippen molar-refractivity contribution in [1.29, 1.82) is 0 Å². The van der Waals surface area contributed by atoms with E-state index in [1.54, 1.807) is 0 Å². The summed E-state index contributed by atoms with van der Waals surface area (Å²) in [4.78, 5) is 23.8. The second-order valence-electron chi connectivity index (χ2n) is 7.06. The number of aryl methyl sites for hydroxylation is 1. The van der Waals surface area contributed by atoms with Crippen molar-refractivity contribution in [3.05, 3.63) is 53.1 Å². The van der Waals surface area contributed by atoms with Gasteiger partial charge >= 0.3 is 0 Å². The highest BCUT2D eigenvalue weighted by Crippen LogP contribution is 2.24. The molecule has 3 rings (SSSR count). The minimum Gasteiger partial charge on any atom is -0.326 e. The highest BCUT2D eigenvalue weighted by molar-refractivity contribution is 5.98. The summed E-state index contributed by atoms with van der Waals surface area (Å²) in [5, 5.41) is 6.32. The number of benzene rings is 1. The number of anilines is 1. The lowest BCUT2D eigenvalue weighted by molar-refractivity contribution is -0.116. The summed E-state index contributed by atoms with van der Waals surface area (Å²) in [7, 11) is 0. The molecule has 0 saturated heterocycles. The summed E-state index contributed by atoms with van der Waals surface area (Å²) in [6, 6.07) is 5.63. The predicted octanol–water partition coefficient (Wildman–Crippen LogP) is 4.18. The summed E-state index contributed by atoms with van der Waals surface area (Å²) in [6.07, 6.45) is 14.0. The standard InChI is InChI=1S/C22H28N2O2/c25-21(19-9-11-20-18(16-19)10-12-22(26)24-20)8-4-5-14-23-15-13-17-6-2-1-3-7-17/h2,6-7,9,11,16,23H,1,3-5,8,10,12-15H2,(H,24,26). The molecular formula is C22H28N2O2. The summed E-state index contributed by atoms with van der Waals surface area (Å²) < 4.78 is 0. The van der Waals surface area contributed by atoms with Gasteiger partial charge in [-0.2, -0.15) is 0 Å². The Morgan fingerprint density at radius 1 is 1.12 bits per heavy atom. The van der Waals surface area contributed by atoms with Crippen LogP contribution in [-0.2, 0) is 11.2 Å². The maximum absolute atomic E-state index is 12.4. The van der Waals surface area contributed by atoms with Crippen LogP contribution in [0.5, 0.6) is 0 Å². The van der Waals surface area contributed by atoms with Crippen LogP contribution in [0.25, 0.3) is 0 Å². The maximum Gasteiger partial charge on any atom is 0.224 e. The van der Waals surface area contributed by atoms with Crippen LogP contribution < -0.4 is 10.6 Å². The van der Waals surface area contributed by atoms with Gasteiger partial charge in [0, 0.05) is 24.1 Å². The normalized spacial score (nSPS) is 16.0. The zero-order valence-electron chi connectivity index (χ0n) is 15.4. The van der Waals surface area contributed by atoms with Gasteiger partial charge in [-0.05, 0) is 75.4 Å². The van der Waals surface area contributed by atoms with Gasteiger partial charge in [-0.15, -0.1) is 0 Å². The number of carbonyl (C=O) groups excluding carboxylic acids is 2. The van der Waals surface area contributed by atoms with Gasteiger partial charge in [0.15, 0.2) is 5.78 Å². The molecule has 1 aromatic rings. The molecule has 0 atom stereocenters. The lowest BCUT2D eigenvalue weighted by Gasteiger charge is -2.17. The third-order valence-corrected chi connectivity index (χ3v) is 4.99. The molecule has 0 fully saturated rings. The Morgan fingerprint density at radius 3 is 2.88 bits per heavy atom. The fraction of sp³-hybridized carbons (Fsp3) is 0.455. The fourth-order valence-electron chi connectivity index (χ4n) is 3.45. The van der Waals surface area contributed by atoms with Crippen molar-refractivity contribution in [2.45, 2.75) is 51.4 Å². The second-order valence-corrected chi connectivity index (χ2v) is 7.06. The van der Waals surface area contributed by atoms with Crippen LogP contribution >= 0.6 is 0 Å². The molecule has 1 heterocycles. The average Bonchev–Trinajstić information content (AvgIpc) is 2.67. The van der Waals surface area contributed by atoms with Gasteiger partial charge in [0.25, 0.3) is 0 Å². The number of rotatable bonds is 9. The monoisotopic (exact) mass is 352 g/mol. The van der Waals surface area contributed by atoms with E-state index in [0.29, 0.717) is 12.8 Å². The highest BCUT2D eigenvalue weighted by atomic mass is 16.1. The van der Waals surface area contributed by atoms with Gasteiger partial charge in [-0.3, -0.25) is 9.59 Å². The maximum atomic E-state index is 12.4. The SMILES string of the molecule is O=C1CCc2cc(C(=O)CCCCNCCC3=CCCC=C3)ccc2N1. The van der Waals surface area contributed by atoms with Crippen LogP contribution in [0.2, 0.25) is 0 Å². The Bertz CT molecular complexity index is 719. The molecular weight excluding hydrogens is 324 g/mol. The first-order valence-corrected chi connectivity index (χ1v) is 9.74. The Labute approximate surface area is 155 Å². The minimum absolute atomic E-state index is 0.0554. The van der Waals surface area contributed by atoms with Crippen LogP contribution in [0, 0.1) is 0 Å². The largest absolute Gasteiger partial charge is 0.326 e. The molecule has 0 saturated carbocycles. The van der Waals surface area contributed by atoms with Crippen molar-refractivity contribution >= 4 is 17.4 Å². The van der Waals surface area contributed by atoms with Crippen LogP contribution in [0.3, 0.4) is 0 Å². The molecule has 2 N–H and O–H groups in total. The number of allylic oxidation sites excluding steroid dienone is 3. The Hall–Kier alpha value is -2.20. The molecule has 1 aliphatic heterocycles. The van der Waals surface area contributed by atoms with Crippen molar-refractivity contribution < 1.29 is 9.59 Å².